The standard InChI is InChI=1S/C31H35N3O4/c32-20-28-27-14-13-26(37-25-15-17-36-18-16-25)19-29(27)34(23-7-4-8-23)30(28)21-9-11-24(12-10-21)38-31(35)33-22-5-2-1-3-6-22/h9-14,19,22-23,25H,1-8,15-18H2,(H,33,35). The van der Waals surface area contributed by atoms with Crippen molar-refractivity contribution in [1.29, 1.82) is 5.26 Å². The minimum absolute atomic E-state index is 0.158. The van der Waals surface area contributed by atoms with E-state index >= 15 is 0 Å². The van der Waals surface area contributed by atoms with Crippen LogP contribution in [0.5, 0.6) is 11.5 Å². The molecule has 0 atom stereocenters. The van der Waals surface area contributed by atoms with Crippen molar-refractivity contribution in [3.8, 4) is 28.8 Å². The highest BCUT2D eigenvalue weighted by Gasteiger charge is 2.28. The van der Waals surface area contributed by atoms with Crippen LogP contribution in [0, 0.1) is 11.3 Å². The van der Waals surface area contributed by atoms with Gasteiger partial charge in [-0.1, -0.05) is 19.3 Å². The van der Waals surface area contributed by atoms with Gasteiger partial charge in [0, 0.05) is 36.4 Å². The number of fused-ring (bicyclic) bond motifs is 1. The lowest BCUT2D eigenvalue weighted by atomic mass is 9.92. The topological polar surface area (TPSA) is 85.5 Å². The average Bonchev–Trinajstić information content (AvgIpc) is 3.22. The molecule has 3 aliphatic rings. The second-order valence-corrected chi connectivity index (χ2v) is 10.8. The SMILES string of the molecule is N#Cc1c(-c2ccc(OC(=O)NC3CCCCC3)cc2)n(C2CCC2)c2cc(OC3CCOCC3)ccc12. The van der Waals surface area contributed by atoms with Crippen LogP contribution in [-0.4, -0.2) is 36.0 Å². The van der Waals surface area contributed by atoms with Crippen molar-refractivity contribution in [2.75, 3.05) is 13.2 Å². The zero-order chi connectivity index (χ0) is 25.9. The molecule has 3 fully saturated rings. The maximum atomic E-state index is 12.4. The Morgan fingerprint density at radius 2 is 1.66 bits per heavy atom. The highest BCUT2D eigenvalue weighted by Crippen LogP contribution is 2.43. The number of carbonyl (C=O) groups is 1. The molecule has 1 aliphatic heterocycles. The van der Waals surface area contributed by atoms with E-state index in [2.05, 4.69) is 22.0 Å². The Balaban J connectivity index is 1.28. The number of rotatable bonds is 6. The molecule has 1 aromatic heterocycles. The summed E-state index contributed by atoms with van der Waals surface area (Å²) in [5.41, 5.74) is 3.58. The first-order valence-corrected chi connectivity index (χ1v) is 14.1. The Labute approximate surface area is 223 Å². The Morgan fingerprint density at radius 3 is 2.34 bits per heavy atom. The minimum atomic E-state index is -0.400. The molecule has 3 aromatic rings. The first kappa shape index (κ1) is 24.8. The summed E-state index contributed by atoms with van der Waals surface area (Å²) in [4.78, 5) is 12.4. The zero-order valence-corrected chi connectivity index (χ0v) is 21.8. The molecule has 0 radical (unpaired) electrons. The minimum Gasteiger partial charge on any atom is -0.490 e. The average molecular weight is 514 g/mol. The number of hydrogen-bond donors (Lipinski definition) is 1. The molecule has 6 rings (SSSR count). The van der Waals surface area contributed by atoms with Gasteiger partial charge in [-0.2, -0.15) is 5.26 Å². The first-order chi connectivity index (χ1) is 18.7. The molecule has 1 amide bonds. The van der Waals surface area contributed by atoms with Crippen LogP contribution in [-0.2, 0) is 4.74 Å². The summed E-state index contributed by atoms with van der Waals surface area (Å²) in [7, 11) is 0. The van der Waals surface area contributed by atoms with Crippen molar-refractivity contribution in [2.45, 2.75) is 82.4 Å². The van der Waals surface area contributed by atoms with E-state index in [-0.39, 0.29) is 12.1 Å². The molecule has 7 heteroatoms. The Kier molecular flexibility index (Phi) is 7.24. The number of nitrogens with one attached hydrogen (secondary N) is 1. The van der Waals surface area contributed by atoms with Crippen LogP contribution < -0.4 is 14.8 Å². The molecule has 1 N–H and O–H groups in total. The van der Waals surface area contributed by atoms with Gasteiger partial charge in [0.15, 0.2) is 0 Å². The Hall–Kier alpha value is -3.50. The van der Waals surface area contributed by atoms with E-state index < -0.39 is 6.09 Å². The quantitative estimate of drug-likeness (QED) is 0.388. The number of aromatic nitrogens is 1. The molecule has 2 heterocycles. The Morgan fingerprint density at radius 1 is 0.921 bits per heavy atom. The second kappa shape index (κ2) is 11.1. The number of benzene rings is 2. The summed E-state index contributed by atoms with van der Waals surface area (Å²) >= 11 is 0. The summed E-state index contributed by atoms with van der Waals surface area (Å²) in [6.45, 7) is 1.46. The molecule has 0 unspecified atom stereocenters. The van der Waals surface area contributed by atoms with Crippen LogP contribution in [0.15, 0.2) is 42.5 Å². The summed E-state index contributed by atoms with van der Waals surface area (Å²) in [5.74, 6) is 1.34. The monoisotopic (exact) mass is 513 g/mol. The smallest absolute Gasteiger partial charge is 0.412 e. The molecule has 2 aliphatic carbocycles. The van der Waals surface area contributed by atoms with E-state index in [4.69, 9.17) is 14.2 Å². The highest BCUT2D eigenvalue weighted by molar-refractivity contribution is 5.95. The predicted molar refractivity (Wildman–Crippen MR) is 145 cm³/mol. The first-order valence-electron chi connectivity index (χ1n) is 14.1. The normalized spacial score (nSPS) is 19.0. The molecule has 1 saturated heterocycles. The van der Waals surface area contributed by atoms with E-state index in [0.717, 1.165) is 92.5 Å². The molecule has 7 nitrogen and oxygen atoms in total. The van der Waals surface area contributed by atoms with Crippen molar-refractivity contribution in [1.82, 2.24) is 9.88 Å². The molecule has 0 bridgehead atoms. The van der Waals surface area contributed by atoms with Crippen molar-refractivity contribution in [3.05, 3.63) is 48.0 Å². The van der Waals surface area contributed by atoms with Crippen molar-refractivity contribution in [2.24, 2.45) is 0 Å². The van der Waals surface area contributed by atoms with Gasteiger partial charge in [0.1, 0.15) is 23.7 Å². The molecule has 0 spiro atoms. The van der Waals surface area contributed by atoms with Crippen molar-refractivity contribution < 1.29 is 19.0 Å². The van der Waals surface area contributed by atoms with E-state index in [0.29, 0.717) is 17.4 Å². The Bertz CT molecular complexity index is 1320. The lowest BCUT2D eigenvalue weighted by Gasteiger charge is -2.30. The van der Waals surface area contributed by atoms with Gasteiger partial charge in [-0.3, -0.25) is 0 Å². The van der Waals surface area contributed by atoms with E-state index in [9.17, 15) is 10.1 Å². The number of hydrogen-bond acceptors (Lipinski definition) is 5. The zero-order valence-electron chi connectivity index (χ0n) is 21.8. The maximum Gasteiger partial charge on any atom is 0.412 e. The number of carbonyl (C=O) groups excluding carboxylic acids is 1. The van der Waals surface area contributed by atoms with Crippen LogP contribution in [0.4, 0.5) is 4.79 Å². The van der Waals surface area contributed by atoms with Crippen LogP contribution in [0.3, 0.4) is 0 Å². The molecular formula is C31H35N3O4. The van der Waals surface area contributed by atoms with Gasteiger partial charge in [0.05, 0.1) is 30.0 Å². The van der Waals surface area contributed by atoms with Crippen LogP contribution >= 0.6 is 0 Å². The molecule has 2 saturated carbocycles. The van der Waals surface area contributed by atoms with Crippen LogP contribution in [0.2, 0.25) is 0 Å². The van der Waals surface area contributed by atoms with Crippen molar-refractivity contribution >= 4 is 17.0 Å². The fraction of sp³-hybridized carbons (Fsp3) is 0.484. The van der Waals surface area contributed by atoms with E-state index in [1.54, 1.807) is 0 Å². The fourth-order valence-corrected chi connectivity index (χ4v) is 6.00. The number of nitriles is 1. The summed E-state index contributed by atoms with van der Waals surface area (Å²) in [6.07, 6.45) is 10.5. The van der Waals surface area contributed by atoms with Gasteiger partial charge in [-0.15, -0.1) is 0 Å². The van der Waals surface area contributed by atoms with Crippen molar-refractivity contribution in [3.63, 3.8) is 0 Å². The number of ether oxygens (including phenoxy) is 3. The third kappa shape index (κ3) is 5.10. The largest absolute Gasteiger partial charge is 0.490 e. The van der Waals surface area contributed by atoms with E-state index in [1.807, 2.05) is 36.4 Å². The molecule has 2 aromatic carbocycles. The summed E-state index contributed by atoms with van der Waals surface area (Å²) < 4.78 is 19.7. The number of amides is 1. The predicted octanol–water partition coefficient (Wildman–Crippen LogP) is 6.88. The van der Waals surface area contributed by atoms with E-state index in [1.165, 1.54) is 12.8 Å². The molecule has 198 valence electrons. The summed E-state index contributed by atoms with van der Waals surface area (Å²) in [6, 6.07) is 16.7. The second-order valence-electron chi connectivity index (χ2n) is 10.8. The van der Waals surface area contributed by atoms with Gasteiger partial charge in [0.25, 0.3) is 0 Å². The summed E-state index contributed by atoms with van der Waals surface area (Å²) in [5, 5.41) is 14.2. The van der Waals surface area contributed by atoms with Crippen LogP contribution in [0.1, 0.15) is 75.8 Å². The van der Waals surface area contributed by atoms with Gasteiger partial charge in [0.2, 0.25) is 0 Å². The highest BCUT2D eigenvalue weighted by atomic mass is 16.6. The molecule has 38 heavy (non-hydrogen) atoms. The molecular weight excluding hydrogens is 478 g/mol. The number of nitrogens with zero attached hydrogens (tertiary/aromatic N) is 2. The van der Waals surface area contributed by atoms with Crippen LogP contribution in [0.25, 0.3) is 22.2 Å². The lowest BCUT2D eigenvalue weighted by molar-refractivity contribution is 0.0256. The third-order valence-corrected chi connectivity index (χ3v) is 8.26. The third-order valence-electron chi connectivity index (χ3n) is 8.26. The van der Waals surface area contributed by atoms with Gasteiger partial charge < -0.3 is 24.1 Å². The maximum absolute atomic E-state index is 12.4. The fourth-order valence-electron chi connectivity index (χ4n) is 6.00. The van der Waals surface area contributed by atoms with Gasteiger partial charge in [-0.05, 0) is 74.1 Å². The lowest BCUT2D eigenvalue weighted by Crippen LogP contribution is -2.37. The van der Waals surface area contributed by atoms with Gasteiger partial charge >= 0.3 is 6.09 Å². The van der Waals surface area contributed by atoms with Gasteiger partial charge in [-0.25, -0.2) is 4.79 Å².